The van der Waals surface area contributed by atoms with Crippen molar-refractivity contribution < 1.29 is 19.0 Å². The van der Waals surface area contributed by atoms with Crippen molar-refractivity contribution >= 4 is 17.5 Å². The zero-order valence-corrected chi connectivity index (χ0v) is 15.3. The second kappa shape index (κ2) is 8.47. The minimum atomic E-state index is -0.489. The predicted molar refractivity (Wildman–Crippen MR) is 95.2 cm³/mol. The molecule has 2 aliphatic rings. The molecule has 1 aromatic carbocycles. The van der Waals surface area contributed by atoms with Crippen LogP contribution in [0, 0.1) is 0 Å². The van der Waals surface area contributed by atoms with Crippen LogP contribution >= 0.6 is 11.6 Å². The van der Waals surface area contributed by atoms with E-state index in [1.54, 1.807) is 31.4 Å². The Balaban J connectivity index is 1.71. The third kappa shape index (κ3) is 4.71. The minimum Gasteiger partial charge on any atom is -0.383 e. The Morgan fingerprint density at radius 1 is 1.32 bits per heavy atom. The van der Waals surface area contributed by atoms with Gasteiger partial charge in [-0.25, -0.2) is 0 Å². The summed E-state index contributed by atoms with van der Waals surface area (Å²) in [4.78, 5) is 17.0. The molecular formula is C18H25ClN2O4. The largest absolute Gasteiger partial charge is 0.383 e. The third-order valence-electron chi connectivity index (χ3n) is 4.65. The molecule has 1 amide bonds. The molecular weight excluding hydrogens is 344 g/mol. The summed E-state index contributed by atoms with van der Waals surface area (Å²) in [6.07, 6.45) is 0. The summed E-state index contributed by atoms with van der Waals surface area (Å²) in [6, 6.07) is 7.07. The Kier molecular flexibility index (Phi) is 6.30. The third-order valence-corrected chi connectivity index (χ3v) is 4.88. The molecule has 2 fully saturated rings. The number of carbonyl (C=O) groups is 1. The fraction of sp³-hybridized carbons (Fsp3) is 0.611. The number of hydrogen-bond donors (Lipinski definition) is 0. The van der Waals surface area contributed by atoms with Crippen LogP contribution in [0.1, 0.15) is 10.4 Å². The fourth-order valence-electron chi connectivity index (χ4n) is 3.40. The molecule has 2 aliphatic heterocycles. The Morgan fingerprint density at radius 2 is 2.20 bits per heavy atom. The molecule has 0 radical (unpaired) electrons. The van der Waals surface area contributed by atoms with Crippen LogP contribution in [0.5, 0.6) is 0 Å². The summed E-state index contributed by atoms with van der Waals surface area (Å²) in [5, 5.41) is 0.567. The summed E-state index contributed by atoms with van der Waals surface area (Å²) in [7, 11) is 1.70. The van der Waals surface area contributed by atoms with Gasteiger partial charge >= 0.3 is 0 Å². The van der Waals surface area contributed by atoms with Crippen LogP contribution in [0.2, 0.25) is 5.02 Å². The van der Waals surface area contributed by atoms with Crippen LogP contribution < -0.4 is 0 Å². The van der Waals surface area contributed by atoms with Crippen molar-refractivity contribution in [1.82, 2.24) is 9.80 Å². The van der Waals surface area contributed by atoms with Crippen LogP contribution in [0.3, 0.4) is 0 Å². The molecule has 0 saturated carbocycles. The van der Waals surface area contributed by atoms with E-state index in [2.05, 4.69) is 4.90 Å². The van der Waals surface area contributed by atoms with Gasteiger partial charge in [-0.05, 0) is 18.2 Å². The maximum absolute atomic E-state index is 12.9. The molecule has 6 nitrogen and oxygen atoms in total. The summed E-state index contributed by atoms with van der Waals surface area (Å²) < 4.78 is 17.1. The van der Waals surface area contributed by atoms with Crippen molar-refractivity contribution in [3.63, 3.8) is 0 Å². The number of carbonyl (C=O) groups excluding carboxylic acids is 1. The number of methoxy groups -OCH3 is 1. The van der Waals surface area contributed by atoms with Crippen molar-refractivity contribution in [3.05, 3.63) is 34.9 Å². The van der Waals surface area contributed by atoms with Gasteiger partial charge < -0.3 is 19.1 Å². The number of benzene rings is 1. The Morgan fingerprint density at radius 3 is 3.00 bits per heavy atom. The molecule has 2 heterocycles. The van der Waals surface area contributed by atoms with Crippen molar-refractivity contribution in [3.8, 4) is 0 Å². The molecule has 0 aliphatic carbocycles. The second-order valence-corrected chi connectivity index (χ2v) is 7.03. The van der Waals surface area contributed by atoms with E-state index >= 15 is 0 Å². The second-order valence-electron chi connectivity index (χ2n) is 6.59. The van der Waals surface area contributed by atoms with Gasteiger partial charge in [0.05, 0.1) is 33.0 Å². The molecule has 0 N–H and O–H groups in total. The minimum absolute atomic E-state index is 0.0159. The van der Waals surface area contributed by atoms with Crippen molar-refractivity contribution in [2.24, 2.45) is 0 Å². The maximum Gasteiger partial charge on any atom is 0.254 e. The number of nitrogens with zero attached hydrogens (tertiary/aromatic N) is 2. The zero-order chi connectivity index (χ0) is 17.7. The van der Waals surface area contributed by atoms with Crippen LogP contribution in [0.4, 0.5) is 0 Å². The Hall–Kier alpha value is -1.18. The molecule has 3 rings (SSSR count). The molecule has 1 unspecified atom stereocenters. The SMILES string of the molecule is COCCN1CCOCC2(C1)CN(C(=O)c1cccc(Cl)c1)CCO2. The summed E-state index contributed by atoms with van der Waals surface area (Å²) in [6.45, 7) is 5.83. The molecule has 2 saturated heterocycles. The molecule has 7 heteroatoms. The molecule has 0 aromatic heterocycles. The first-order valence-electron chi connectivity index (χ1n) is 8.60. The van der Waals surface area contributed by atoms with Gasteiger partial charge in [0.1, 0.15) is 5.60 Å². The zero-order valence-electron chi connectivity index (χ0n) is 14.6. The van der Waals surface area contributed by atoms with E-state index in [4.69, 9.17) is 25.8 Å². The highest BCUT2D eigenvalue weighted by atomic mass is 35.5. The lowest BCUT2D eigenvalue weighted by atomic mass is 10.0. The van der Waals surface area contributed by atoms with E-state index in [-0.39, 0.29) is 5.91 Å². The van der Waals surface area contributed by atoms with Gasteiger partial charge in [0.2, 0.25) is 0 Å². The van der Waals surface area contributed by atoms with E-state index < -0.39 is 5.60 Å². The summed E-state index contributed by atoms with van der Waals surface area (Å²) >= 11 is 6.03. The number of amides is 1. The van der Waals surface area contributed by atoms with E-state index in [0.29, 0.717) is 50.1 Å². The average Bonchev–Trinajstić information content (AvgIpc) is 2.81. The van der Waals surface area contributed by atoms with Crippen molar-refractivity contribution in [2.75, 3.05) is 66.3 Å². The molecule has 25 heavy (non-hydrogen) atoms. The van der Waals surface area contributed by atoms with E-state index in [1.807, 2.05) is 4.90 Å². The Bertz CT molecular complexity index is 600. The monoisotopic (exact) mass is 368 g/mol. The highest BCUT2D eigenvalue weighted by molar-refractivity contribution is 6.30. The highest BCUT2D eigenvalue weighted by Crippen LogP contribution is 2.24. The van der Waals surface area contributed by atoms with Gasteiger partial charge in [0.15, 0.2) is 0 Å². The topological polar surface area (TPSA) is 51.2 Å². The molecule has 1 aromatic rings. The first-order chi connectivity index (χ1) is 12.1. The van der Waals surface area contributed by atoms with E-state index in [0.717, 1.165) is 19.6 Å². The fourth-order valence-corrected chi connectivity index (χ4v) is 3.59. The summed E-state index contributed by atoms with van der Waals surface area (Å²) in [5.41, 5.74) is 0.117. The van der Waals surface area contributed by atoms with Gasteiger partial charge in [-0.2, -0.15) is 0 Å². The maximum atomic E-state index is 12.9. The van der Waals surface area contributed by atoms with Crippen LogP contribution in [-0.4, -0.2) is 87.6 Å². The van der Waals surface area contributed by atoms with Crippen LogP contribution in [0.15, 0.2) is 24.3 Å². The van der Waals surface area contributed by atoms with Gasteiger partial charge in [0.25, 0.3) is 5.91 Å². The molecule has 1 atom stereocenters. The average molecular weight is 369 g/mol. The smallest absolute Gasteiger partial charge is 0.254 e. The van der Waals surface area contributed by atoms with Crippen LogP contribution in [0.25, 0.3) is 0 Å². The van der Waals surface area contributed by atoms with Crippen molar-refractivity contribution in [2.45, 2.75) is 5.60 Å². The highest BCUT2D eigenvalue weighted by Gasteiger charge is 2.41. The first-order valence-corrected chi connectivity index (χ1v) is 8.97. The predicted octanol–water partition coefficient (Wildman–Crippen LogP) is 1.53. The van der Waals surface area contributed by atoms with Gasteiger partial charge in [0, 0.05) is 43.9 Å². The van der Waals surface area contributed by atoms with Crippen LogP contribution in [-0.2, 0) is 14.2 Å². The van der Waals surface area contributed by atoms with Crippen molar-refractivity contribution in [1.29, 1.82) is 0 Å². The first kappa shape index (κ1) is 18.6. The quantitative estimate of drug-likeness (QED) is 0.806. The number of halogens is 1. The molecule has 1 spiro atoms. The lowest BCUT2D eigenvalue weighted by molar-refractivity contribution is -0.133. The number of rotatable bonds is 4. The molecule has 138 valence electrons. The number of hydrogen-bond acceptors (Lipinski definition) is 5. The lowest BCUT2D eigenvalue weighted by Crippen LogP contribution is -2.60. The van der Waals surface area contributed by atoms with Gasteiger partial charge in [-0.1, -0.05) is 17.7 Å². The molecule has 0 bridgehead atoms. The summed E-state index contributed by atoms with van der Waals surface area (Å²) in [5.74, 6) is -0.0159. The van der Waals surface area contributed by atoms with E-state index in [9.17, 15) is 4.79 Å². The van der Waals surface area contributed by atoms with E-state index in [1.165, 1.54) is 0 Å². The number of ether oxygens (including phenoxy) is 3. The Labute approximate surface area is 153 Å². The van der Waals surface area contributed by atoms with Gasteiger partial charge in [-0.15, -0.1) is 0 Å². The van der Waals surface area contributed by atoms with Gasteiger partial charge in [-0.3, -0.25) is 9.69 Å². The number of morpholine rings is 1. The normalized spacial score (nSPS) is 25.1. The standard InChI is InChI=1S/C18H25ClN2O4/c1-23-8-5-20-6-9-24-14-18(12-20)13-21(7-10-25-18)17(22)15-3-2-4-16(19)11-15/h2-4,11H,5-10,12-14H2,1H3. The lowest BCUT2D eigenvalue weighted by Gasteiger charge is -2.43.